The van der Waals surface area contributed by atoms with Crippen LogP contribution in [0.1, 0.15) is 65.7 Å². The van der Waals surface area contributed by atoms with Crippen molar-refractivity contribution >= 4 is 35.8 Å². The molecule has 0 saturated heterocycles. The van der Waals surface area contributed by atoms with Crippen LogP contribution in [0.25, 0.3) is 0 Å². The summed E-state index contributed by atoms with van der Waals surface area (Å²) in [6, 6.07) is 0.437. The van der Waals surface area contributed by atoms with Crippen LogP contribution in [0.2, 0.25) is 0 Å². The number of carbonyl (C=O) groups excluding carboxylic acids is 1. The first-order chi connectivity index (χ1) is 11.6. The van der Waals surface area contributed by atoms with Gasteiger partial charge in [-0.1, -0.05) is 13.8 Å². The number of guanidine groups is 1. The van der Waals surface area contributed by atoms with E-state index < -0.39 is 0 Å². The minimum atomic E-state index is 0. The average Bonchev–Trinajstić information content (AvgIpc) is 3.39. The number of nitrogens with zero attached hydrogens (tertiary/aromatic N) is 1. The van der Waals surface area contributed by atoms with Gasteiger partial charge in [-0.15, -0.1) is 24.0 Å². The molecule has 0 aromatic rings. The Labute approximate surface area is 170 Å². The Balaban J connectivity index is 0.00000576. The van der Waals surface area contributed by atoms with Gasteiger partial charge in [0.05, 0.1) is 0 Å². The molecule has 148 valence electrons. The number of hydrogen-bond acceptors (Lipinski definition) is 3. The van der Waals surface area contributed by atoms with Crippen LogP contribution in [-0.2, 0) is 4.79 Å². The fourth-order valence-electron chi connectivity index (χ4n) is 2.72. The van der Waals surface area contributed by atoms with Crippen molar-refractivity contribution in [1.29, 1.82) is 0 Å². The smallest absolute Gasteiger partial charge is 0.220 e. The number of halogens is 1. The van der Waals surface area contributed by atoms with Gasteiger partial charge in [-0.05, 0) is 50.9 Å². The van der Waals surface area contributed by atoms with E-state index in [9.17, 15) is 9.90 Å². The molecule has 6 nitrogen and oxygen atoms in total. The number of rotatable bonds is 12. The summed E-state index contributed by atoms with van der Waals surface area (Å²) < 4.78 is 0. The maximum atomic E-state index is 11.7. The monoisotopic (exact) mass is 468 g/mol. The first-order valence-electron chi connectivity index (χ1n) is 9.51. The third-order valence-electron chi connectivity index (χ3n) is 4.87. The molecule has 0 unspecified atom stereocenters. The van der Waals surface area contributed by atoms with Crippen molar-refractivity contribution in [1.82, 2.24) is 16.0 Å². The maximum absolute atomic E-state index is 11.7. The molecule has 0 aliphatic heterocycles. The molecule has 1 amide bonds. The van der Waals surface area contributed by atoms with E-state index in [2.05, 4.69) is 29.8 Å². The van der Waals surface area contributed by atoms with Crippen molar-refractivity contribution in [3.63, 3.8) is 0 Å². The quantitative estimate of drug-likeness (QED) is 0.153. The minimum absolute atomic E-state index is 0. The molecule has 0 atom stereocenters. The van der Waals surface area contributed by atoms with Crippen LogP contribution >= 0.6 is 24.0 Å². The molecule has 1 fully saturated rings. The van der Waals surface area contributed by atoms with Gasteiger partial charge in [0.25, 0.3) is 0 Å². The van der Waals surface area contributed by atoms with Crippen LogP contribution in [0.15, 0.2) is 4.99 Å². The summed E-state index contributed by atoms with van der Waals surface area (Å²) >= 11 is 0. The van der Waals surface area contributed by atoms with Crippen LogP contribution in [0.3, 0.4) is 0 Å². The van der Waals surface area contributed by atoms with Gasteiger partial charge in [0.15, 0.2) is 5.96 Å². The van der Waals surface area contributed by atoms with Gasteiger partial charge in [-0.3, -0.25) is 9.79 Å². The highest BCUT2D eigenvalue weighted by Gasteiger charge is 2.25. The van der Waals surface area contributed by atoms with Crippen LogP contribution in [0, 0.1) is 5.41 Å². The summed E-state index contributed by atoms with van der Waals surface area (Å²) in [6.07, 6.45) is 6.41. The lowest BCUT2D eigenvalue weighted by molar-refractivity contribution is -0.121. The van der Waals surface area contributed by atoms with Gasteiger partial charge >= 0.3 is 0 Å². The Morgan fingerprint density at radius 1 is 1.20 bits per heavy atom. The highest BCUT2D eigenvalue weighted by molar-refractivity contribution is 14.0. The molecule has 0 heterocycles. The van der Waals surface area contributed by atoms with Gasteiger partial charge in [-0.2, -0.15) is 0 Å². The molecule has 0 aromatic carbocycles. The Morgan fingerprint density at radius 3 is 2.40 bits per heavy atom. The second kappa shape index (κ2) is 13.6. The van der Waals surface area contributed by atoms with E-state index in [0.29, 0.717) is 19.0 Å². The van der Waals surface area contributed by atoms with Gasteiger partial charge in [0, 0.05) is 38.7 Å². The first-order valence-corrected chi connectivity index (χ1v) is 9.51. The lowest BCUT2D eigenvalue weighted by atomic mass is 9.79. The summed E-state index contributed by atoms with van der Waals surface area (Å²) in [7, 11) is 0. The maximum Gasteiger partial charge on any atom is 0.220 e. The van der Waals surface area contributed by atoms with Crippen molar-refractivity contribution in [3.05, 3.63) is 0 Å². The third-order valence-corrected chi connectivity index (χ3v) is 4.87. The van der Waals surface area contributed by atoms with Crippen molar-refractivity contribution < 1.29 is 9.90 Å². The molecule has 25 heavy (non-hydrogen) atoms. The highest BCUT2D eigenvalue weighted by Crippen LogP contribution is 2.30. The SMILES string of the molecule is CCNC(=NCC(CC)(CC)CCO)NCCCC(=O)NC1CC1.I. The molecule has 0 bridgehead atoms. The van der Waals surface area contributed by atoms with E-state index >= 15 is 0 Å². The van der Waals surface area contributed by atoms with E-state index in [4.69, 9.17) is 4.99 Å². The largest absolute Gasteiger partial charge is 0.396 e. The normalized spacial score (nSPS) is 14.6. The lowest BCUT2D eigenvalue weighted by Gasteiger charge is -2.29. The fraction of sp³-hybridized carbons (Fsp3) is 0.889. The second-order valence-electron chi connectivity index (χ2n) is 6.75. The predicted molar refractivity (Wildman–Crippen MR) is 115 cm³/mol. The van der Waals surface area contributed by atoms with E-state index in [1.54, 1.807) is 0 Å². The molecule has 7 heteroatoms. The highest BCUT2D eigenvalue weighted by atomic mass is 127. The van der Waals surface area contributed by atoms with Gasteiger partial charge < -0.3 is 21.1 Å². The molecule has 1 aliphatic carbocycles. The Hall–Kier alpha value is -0.570. The zero-order valence-electron chi connectivity index (χ0n) is 16.1. The van der Waals surface area contributed by atoms with Crippen LogP contribution in [0.4, 0.5) is 0 Å². The summed E-state index contributed by atoms with van der Waals surface area (Å²) in [5.74, 6) is 0.949. The lowest BCUT2D eigenvalue weighted by Crippen LogP contribution is -2.39. The Morgan fingerprint density at radius 2 is 1.88 bits per heavy atom. The topological polar surface area (TPSA) is 85.8 Å². The van der Waals surface area contributed by atoms with E-state index in [1.165, 1.54) is 0 Å². The molecule has 0 radical (unpaired) electrons. The van der Waals surface area contributed by atoms with E-state index in [-0.39, 0.29) is 41.9 Å². The molecular weight excluding hydrogens is 431 g/mol. The standard InChI is InChI=1S/C18H36N4O2.HI/c1-4-18(5-2,11-13-23)14-21-17(19-6-3)20-12-7-8-16(24)22-15-9-10-15;/h15,23H,4-14H2,1-3H3,(H,22,24)(H2,19,20,21);1H. The molecule has 1 aliphatic rings. The molecule has 0 spiro atoms. The van der Waals surface area contributed by atoms with Gasteiger partial charge in [0.1, 0.15) is 0 Å². The molecule has 1 rings (SSSR count). The summed E-state index contributed by atoms with van der Waals surface area (Å²) in [4.78, 5) is 16.4. The Bertz CT molecular complexity index is 397. The zero-order chi connectivity index (χ0) is 17.8. The van der Waals surface area contributed by atoms with Gasteiger partial charge in [-0.25, -0.2) is 0 Å². The van der Waals surface area contributed by atoms with Crippen LogP contribution in [0.5, 0.6) is 0 Å². The van der Waals surface area contributed by atoms with Crippen LogP contribution in [-0.4, -0.2) is 49.3 Å². The van der Waals surface area contributed by atoms with Crippen molar-refractivity contribution in [2.75, 3.05) is 26.2 Å². The average molecular weight is 468 g/mol. The number of aliphatic hydroxyl groups is 1. The number of aliphatic imine (C=N–C) groups is 1. The van der Waals surface area contributed by atoms with E-state index in [1.807, 2.05) is 6.92 Å². The third kappa shape index (κ3) is 10.2. The number of nitrogens with one attached hydrogen (secondary N) is 3. The number of amides is 1. The van der Waals surface area contributed by atoms with E-state index in [0.717, 1.165) is 57.6 Å². The fourth-order valence-corrected chi connectivity index (χ4v) is 2.72. The number of carbonyl (C=O) groups is 1. The van der Waals surface area contributed by atoms with Crippen molar-refractivity contribution in [2.24, 2.45) is 10.4 Å². The predicted octanol–water partition coefficient (Wildman–Crippen LogP) is 2.41. The molecular formula is C18H37IN4O2. The minimum Gasteiger partial charge on any atom is -0.396 e. The Kier molecular flexibility index (Phi) is 13.3. The first kappa shape index (κ1) is 24.4. The zero-order valence-corrected chi connectivity index (χ0v) is 18.4. The molecule has 1 saturated carbocycles. The van der Waals surface area contributed by atoms with Crippen LogP contribution < -0.4 is 16.0 Å². The summed E-state index contributed by atoms with van der Waals surface area (Å²) in [5.41, 5.74) is 0.0707. The van der Waals surface area contributed by atoms with Crippen molar-refractivity contribution in [2.45, 2.75) is 71.8 Å². The molecule has 0 aromatic heterocycles. The number of hydrogen-bond donors (Lipinski definition) is 4. The summed E-state index contributed by atoms with van der Waals surface area (Å²) in [5, 5.41) is 18.9. The van der Waals surface area contributed by atoms with Gasteiger partial charge in [0.2, 0.25) is 5.91 Å². The second-order valence-corrected chi connectivity index (χ2v) is 6.75. The van der Waals surface area contributed by atoms with Crippen molar-refractivity contribution in [3.8, 4) is 0 Å². The molecule has 4 N–H and O–H groups in total. The summed E-state index contributed by atoms with van der Waals surface area (Å²) in [6.45, 7) is 8.81. The number of aliphatic hydroxyl groups excluding tert-OH is 1.